The van der Waals surface area contributed by atoms with Gasteiger partial charge in [-0.3, -0.25) is 9.59 Å². The molecule has 5 nitrogen and oxygen atoms in total. The Hall–Kier alpha value is -2.93. The average molecular weight is 383 g/mol. The Bertz CT molecular complexity index is 1160. The summed E-state index contributed by atoms with van der Waals surface area (Å²) in [5, 5.41) is 4.85. The Morgan fingerprint density at radius 3 is 2.81 bits per heavy atom. The molecule has 0 fully saturated rings. The number of fused-ring (bicyclic) bond motifs is 3. The molecule has 7 heteroatoms. The highest BCUT2D eigenvalue weighted by Gasteiger charge is 2.12. The van der Waals surface area contributed by atoms with Crippen molar-refractivity contribution in [1.29, 1.82) is 0 Å². The molecule has 0 unspecified atom stereocenters. The van der Waals surface area contributed by atoms with Crippen molar-refractivity contribution in [3.05, 3.63) is 75.1 Å². The maximum Gasteiger partial charge on any atom is 0.275 e. The quantitative estimate of drug-likeness (QED) is 0.554. The van der Waals surface area contributed by atoms with Gasteiger partial charge < -0.3 is 14.3 Å². The number of nitrogens with one attached hydrogen (secondary N) is 1. The van der Waals surface area contributed by atoms with Crippen molar-refractivity contribution in [2.75, 3.05) is 0 Å². The molecule has 0 aliphatic heterocycles. The number of carbonyl (C=O) groups excluding carboxylic acids is 1. The van der Waals surface area contributed by atoms with E-state index in [-0.39, 0.29) is 11.5 Å². The Labute approximate surface area is 158 Å². The van der Waals surface area contributed by atoms with E-state index >= 15 is 0 Å². The third kappa shape index (κ3) is 3.50. The molecular formula is C20H18FN3O2S. The number of aromatic nitrogens is 2. The van der Waals surface area contributed by atoms with Gasteiger partial charge >= 0.3 is 0 Å². The van der Waals surface area contributed by atoms with E-state index in [2.05, 4.69) is 5.32 Å². The highest BCUT2D eigenvalue weighted by molar-refractivity contribution is 7.09. The summed E-state index contributed by atoms with van der Waals surface area (Å²) in [5.74, 6) is -0.452. The minimum atomic E-state index is -0.393. The molecule has 0 atom stereocenters. The van der Waals surface area contributed by atoms with E-state index in [0.29, 0.717) is 37.0 Å². The average Bonchev–Trinajstić information content (AvgIpc) is 3.34. The maximum absolute atomic E-state index is 13.8. The number of thiophene rings is 1. The van der Waals surface area contributed by atoms with Gasteiger partial charge in [-0.2, -0.15) is 0 Å². The van der Waals surface area contributed by atoms with E-state index in [0.717, 1.165) is 10.4 Å². The monoisotopic (exact) mass is 383 g/mol. The summed E-state index contributed by atoms with van der Waals surface area (Å²) >= 11 is 1.59. The van der Waals surface area contributed by atoms with E-state index in [1.165, 1.54) is 12.1 Å². The highest BCUT2D eigenvalue weighted by atomic mass is 32.1. The number of rotatable bonds is 6. The SMILES string of the molecule is O=C(CCCn1c(=O)c2cccn2c2ccc(F)cc21)NCc1cccs1. The van der Waals surface area contributed by atoms with Crippen molar-refractivity contribution in [3.63, 3.8) is 0 Å². The molecule has 1 aromatic carbocycles. The number of halogens is 1. The van der Waals surface area contributed by atoms with Crippen molar-refractivity contribution < 1.29 is 9.18 Å². The second-order valence-corrected chi connectivity index (χ2v) is 7.35. The standard InChI is InChI=1S/C20H18FN3O2S/c21-14-7-8-16-18(12-14)24(20(26)17-5-1-9-23(16)17)10-2-6-19(25)22-13-15-4-3-11-27-15/h1,3-5,7-9,11-12H,2,6,10,13H2,(H,22,25). The minimum Gasteiger partial charge on any atom is -0.351 e. The lowest BCUT2D eigenvalue weighted by atomic mass is 10.2. The summed E-state index contributed by atoms with van der Waals surface area (Å²) in [5.41, 5.74) is 1.65. The third-order valence-corrected chi connectivity index (χ3v) is 5.40. The molecule has 3 aromatic heterocycles. The second-order valence-electron chi connectivity index (χ2n) is 6.31. The molecule has 0 aliphatic rings. The van der Waals surface area contributed by atoms with Crippen molar-refractivity contribution in [3.8, 4) is 0 Å². The van der Waals surface area contributed by atoms with Gasteiger partial charge in [-0.25, -0.2) is 4.39 Å². The lowest BCUT2D eigenvalue weighted by Crippen LogP contribution is -2.25. The van der Waals surface area contributed by atoms with Crippen LogP contribution in [0.5, 0.6) is 0 Å². The molecule has 138 valence electrons. The third-order valence-electron chi connectivity index (χ3n) is 4.53. The molecule has 0 radical (unpaired) electrons. The Balaban J connectivity index is 1.52. The molecule has 0 bridgehead atoms. The molecule has 3 heterocycles. The van der Waals surface area contributed by atoms with Gasteiger partial charge in [0.15, 0.2) is 0 Å². The van der Waals surface area contributed by atoms with Gasteiger partial charge in [0, 0.05) is 24.0 Å². The Morgan fingerprint density at radius 2 is 2.00 bits per heavy atom. The minimum absolute atomic E-state index is 0.0595. The summed E-state index contributed by atoms with van der Waals surface area (Å²) < 4.78 is 17.1. The van der Waals surface area contributed by atoms with Gasteiger partial charge in [0.1, 0.15) is 11.3 Å². The van der Waals surface area contributed by atoms with Crippen LogP contribution in [0.3, 0.4) is 0 Å². The summed E-state index contributed by atoms with van der Waals surface area (Å²) in [6, 6.07) is 11.9. The van der Waals surface area contributed by atoms with E-state index in [9.17, 15) is 14.0 Å². The summed E-state index contributed by atoms with van der Waals surface area (Å²) in [7, 11) is 0. The zero-order valence-corrected chi connectivity index (χ0v) is 15.3. The van der Waals surface area contributed by atoms with Gasteiger partial charge in [-0.15, -0.1) is 11.3 Å². The predicted octanol–water partition coefficient (Wildman–Crippen LogP) is 3.55. The number of amides is 1. The number of hydrogen-bond donors (Lipinski definition) is 1. The van der Waals surface area contributed by atoms with Crippen LogP contribution in [-0.4, -0.2) is 14.9 Å². The fourth-order valence-corrected chi connectivity index (χ4v) is 3.88. The molecular weight excluding hydrogens is 365 g/mol. The van der Waals surface area contributed by atoms with Crippen LogP contribution < -0.4 is 10.9 Å². The van der Waals surface area contributed by atoms with Crippen LogP contribution in [-0.2, 0) is 17.9 Å². The number of aryl methyl sites for hydroxylation is 1. The smallest absolute Gasteiger partial charge is 0.275 e. The number of carbonyl (C=O) groups is 1. The number of nitrogens with zero attached hydrogens (tertiary/aromatic N) is 2. The van der Waals surface area contributed by atoms with E-state index < -0.39 is 5.82 Å². The molecule has 1 amide bonds. The van der Waals surface area contributed by atoms with Crippen LogP contribution in [0.4, 0.5) is 4.39 Å². The van der Waals surface area contributed by atoms with Crippen LogP contribution >= 0.6 is 11.3 Å². The lowest BCUT2D eigenvalue weighted by molar-refractivity contribution is -0.121. The zero-order chi connectivity index (χ0) is 18.8. The van der Waals surface area contributed by atoms with Gasteiger partial charge in [-0.1, -0.05) is 6.07 Å². The first-order valence-corrected chi connectivity index (χ1v) is 9.59. The van der Waals surface area contributed by atoms with Crippen LogP contribution in [0.2, 0.25) is 0 Å². The largest absolute Gasteiger partial charge is 0.351 e. The van der Waals surface area contributed by atoms with Crippen molar-refractivity contribution >= 4 is 33.8 Å². The molecule has 1 N–H and O–H groups in total. The van der Waals surface area contributed by atoms with Crippen molar-refractivity contribution in [2.24, 2.45) is 0 Å². The molecule has 0 aliphatic carbocycles. The topological polar surface area (TPSA) is 55.5 Å². The lowest BCUT2D eigenvalue weighted by Gasteiger charge is -2.13. The van der Waals surface area contributed by atoms with Gasteiger partial charge in [-0.05, 0) is 48.2 Å². The first-order chi connectivity index (χ1) is 13.1. The summed E-state index contributed by atoms with van der Waals surface area (Å²) in [4.78, 5) is 25.9. The first-order valence-electron chi connectivity index (χ1n) is 8.72. The normalized spacial score (nSPS) is 11.3. The van der Waals surface area contributed by atoms with Crippen LogP contribution in [0.15, 0.2) is 58.8 Å². The predicted molar refractivity (Wildman–Crippen MR) is 105 cm³/mol. The Kier molecular flexibility index (Phi) is 4.77. The highest BCUT2D eigenvalue weighted by Crippen LogP contribution is 2.17. The molecule has 0 saturated heterocycles. The zero-order valence-electron chi connectivity index (χ0n) is 14.5. The van der Waals surface area contributed by atoms with Crippen LogP contribution in [0.1, 0.15) is 17.7 Å². The fourth-order valence-electron chi connectivity index (χ4n) is 3.24. The van der Waals surface area contributed by atoms with Crippen LogP contribution in [0.25, 0.3) is 16.6 Å². The summed E-state index contributed by atoms with van der Waals surface area (Å²) in [6.07, 6.45) is 2.60. The van der Waals surface area contributed by atoms with E-state index in [4.69, 9.17) is 0 Å². The number of hydrogen-bond acceptors (Lipinski definition) is 3. The molecule has 4 aromatic rings. The second kappa shape index (κ2) is 7.36. The fraction of sp³-hybridized carbons (Fsp3) is 0.200. The van der Waals surface area contributed by atoms with Gasteiger partial charge in [0.05, 0.1) is 17.6 Å². The number of benzene rings is 1. The van der Waals surface area contributed by atoms with Crippen molar-refractivity contribution in [1.82, 2.24) is 14.3 Å². The summed E-state index contributed by atoms with van der Waals surface area (Å²) in [6.45, 7) is 0.869. The maximum atomic E-state index is 13.8. The van der Waals surface area contributed by atoms with Crippen LogP contribution in [0, 0.1) is 5.82 Å². The van der Waals surface area contributed by atoms with Gasteiger partial charge in [0.2, 0.25) is 5.91 Å². The van der Waals surface area contributed by atoms with Gasteiger partial charge in [0.25, 0.3) is 5.56 Å². The van der Waals surface area contributed by atoms with E-state index in [1.54, 1.807) is 44.7 Å². The molecule has 0 spiro atoms. The molecule has 27 heavy (non-hydrogen) atoms. The molecule has 0 saturated carbocycles. The van der Waals surface area contributed by atoms with Crippen molar-refractivity contribution in [2.45, 2.75) is 25.9 Å². The Morgan fingerprint density at radius 1 is 1.11 bits per heavy atom. The first kappa shape index (κ1) is 17.5. The van der Waals surface area contributed by atoms with E-state index in [1.807, 2.05) is 17.5 Å². The molecule has 4 rings (SSSR count).